The van der Waals surface area contributed by atoms with Gasteiger partial charge in [0.1, 0.15) is 5.60 Å². The van der Waals surface area contributed by atoms with E-state index in [4.69, 9.17) is 0 Å². The molecule has 22 heavy (non-hydrogen) atoms. The molecule has 0 radical (unpaired) electrons. The molecule has 0 fully saturated rings. The van der Waals surface area contributed by atoms with Gasteiger partial charge in [-0.25, -0.2) is 0 Å². The molecule has 0 saturated carbocycles. The van der Waals surface area contributed by atoms with Gasteiger partial charge in [-0.1, -0.05) is 0 Å². The first-order valence-electron chi connectivity index (χ1n) is 6.16. The molecule has 1 atom stereocenters. The molecule has 0 heterocycles. The first-order valence-corrected chi connectivity index (χ1v) is 6.16. The molecule has 0 aromatic carbocycles. The average Bonchev–Trinajstić information content (AvgIpc) is 2.36. The molecule has 0 aromatic rings. The van der Waals surface area contributed by atoms with E-state index in [0.717, 1.165) is 7.11 Å². The van der Waals surface area contributed by atoms with Gasteiger partial charge in [-0.3, -0.25) is 0 Å². The molecule has 0 N–H and O–H groups in total. The van der Waals surface area contributed by atoms with Gasteiger partial charge in [0.25, 0.3) is 0 Å². The number of methoxy groups -OCH3 is 1. The van der Waals surface area contributed by atoms with E-state index < -0.39 is 36.1 Å². The number of ether oxygens (including phenoxy) is 2. The second-order valence-corrected chi connectivity index (χ2v) is 5.07. The highest BCUT2D eigenvalue weighted by Crippen LogP contribution is 2.48. The van der Waals surface area contributed by atoms with Crippen molar-refractivity contribution >= 4 is 0 Å². The number of rotatable bonds is 9. The van der Waals surface area contributed by atoms with Crippen molar-refractivity contribution in [1.82, 2.24) is 4.90 Å². The van der Waals surface area contributed by atoms with Crippen LogP contribution in [0.1, 0.15) is 19.8 Å². The number of hydrogen-bond donors (Lipinski definition) is 0. The lowest BCUT2D eigenvalue weighted by Crippen LogP contribution is -2.59. The Morgan fingerprint density at radius 1 is 1.05 bits per heavy atom. The number of halogens is 7. The van der Waals surface area contributed by atoms with Crippen molar-refractivity contribution in [3.8, 4) is 0 Å². The highest BCUT2D eigenvalue weighted by Gasteiger charge is 2.70. The van der Waals surface area contributed by atoms with Crippen molar-refractivity contribution in [2.45, 2.75) is 37.4 Å². The van der Waals surface area contributed by atoms with Crippen LogP contribution in [0.5, 0.6) is 0 Å². The summed E-state index contributed by atoms with van der Waals surface area (Å²) in [6.45, 7) is 0.974. The fourth-order valence-electron chi connectivity index (χ4n) is 1.64. The van der Waals surface area contributed by atoms with Crippen molar-refractivity contribution in [3.63, 3.8) is 0 Å². The minimum atomic E-state index is -5.51. The van der Waals surface area contributed by atoms with Gasteiger partial charge in [-0.05, 0) is 40.4 Å². The van der Waals surface area contributed by atoms with Crippen LogP contribution in [0.3, 0.4) is 0 Å². The van der Waals surface area contributed by atoms with Crippen LogP contribution in [0.2, 0.25) is 0 Å². The van der Waals surface area contributed by atoms with Crippen molar-refractivity contribution in [2.24, 2.45) is 0 Å². The molecule has 0 bridgehead atoms. The summed E-state index contributed by atoms with van der Waals surface area (Å²) < 4.78 is 98.0. The lowest BCUT2D eigenvalue weighted by Gasteiger charge is -2.39. The van der Waals surface area contributed by atoms with Gasteiger partial charge in [0.15, 0.2) is 0 Å². The molecular weight excluding hydrogens is 323 g/mol. The van der Waals surface area contributed by atoms with Gasteiger partial charge in [0, 0.05) is 7.11 Å². The van der Waals surface area contributed by atoms with Crippen LogP contribution in [0, 0.1) is 0 Å². The summed E-state index contributed by atoms with van der Waals surface area (Å²) in [5.74, 6) is -5.05. The molecule has 132 valence electrons. The Morgan fingerprint density at radius 3 is 1.91 bits per heavy atom. The molecular formula is C12H18F7NO2. The van der Waals surface area contributed by atoms with Gasteiger partial charge in [-0.15, -0.1) is 0 Å². The topological polar surface area (TPSA) is 21.7 Å². The second-order valence-electron chi connectivity index (χ2n) is 5.07. The molecule has 0 saturated heterocycles. The lowest BCUT2D eigenvalue weighted by atomic mass is 9.91. The third-order valence-corrected chi connectivity index (χ3v) is 3.11. The van der Waals surface area contributed by atoms with Crippen LogP contribution in [-0.2, 0) is 9.47 Å². The average molecular weight is 341 g/mol. The highest BCUT2D eigenvalue weighted by atomic mass is 19.3. The maximum absolute atomic E-state index is 14.0. The molecule has 0 rings (SSSR count). The summed E-state index contributed by atoms with van der Waals surface area (Å²) >= 11 is 0. The van der Waals surface area contributed by atoms with Crippen molar-refractivity contribution in [2.75, 3.05) is 27.7 Å². The zero-order valence-electron chi connectivity index (χ0n) is 12.5. The van der Waals surface area contributed by atoms with E-state index in [0.29, 0.717) is 13.5 Å². The third kappa shape index (κ3) is 4.73. The van der Waals surface area contributed by atoms with Crippen LogP contribution < -0.4 is 0 Å². The van der Waals surface area contributed by atoms with Crippen molar-refractivity contribution < 1.29 is 40.2 Å². The van der Waals surface area contributed by atoms with E-state index >= 15 is 0 Å². The third-order valence-electron chi connectivity index (χ3n) is 3.11. The smallest absolute Gasteiger partial charge is 0.398 e. The van der Waals surface area contributed by atoms with Gasteiger partial charge in [0.05, 0.1) is 0 Å². The van der Waals surface area contributed by atoms with E-state index in [9.17, 15) is 30.7 Å². The van der Waals surface area contributed by atoms with Crippen LogP contribution in [0.4, 0.5) is 30.7 Å². The normalized spacial score (nSPS) is 15.6. The monoisotopic (exact) mass is 341 g/mol. The molecule has 0 spiro atoms. The summed E-state index contributed by atoms with van der Waals surface area (Å²) in [4.78, 5) is 1.63. The van der Waals surface area contributed by atoms with Crippen LogP contribution >= 0.6 is 0 Å². The van der Waals surface area contributed by atoms with Gasteiger partial charge >= 0.3 is 24.1 Å². The number of nitrogens with zero attached hydrogens (tertiary/aromatic N) is 1. The second kappa shape index (κ2) is 7.49. The summed E-state index contributed by atoms with van der Waals surface area (Å²) in [5, 5.41) is 0. The quantitative estimate of drug-likeness (QED) is 0.467. The number of alkyl halides is 4. The molecule has 3 nitrogen and oxygen atoms in total. The van der Waals surface area contributed by atoms with Crippen LogP contribution in [-0.4, -0.2) is 50.3 Å². The molecule has 0 aromatic heterocycles. The minimum Gasteiger partial charge on any atom is -0.398 e. The molecule has 0 amide bonds. The van der Waals surface area contributed by atoms with Gasteiger partial charge in [0.2, 0.25) is 0 Å². The van der Waals surface area contributed by atoms with E-state index in [1.807, 2.05) is 0 Å². The fourth-order valence-corrected chi connectivity index (χ4v) is 1.64. The predicted octanol–water partition coefficient (Wildman–Crippen LogP) is 4.01. The maximum Gasteiger partial charge on any atom is 0.469 e. The standard InChI is InChI=1S/C12H18F7NO2/c1-10(21-4,6-5-7-20(2)3)11(16,17)12(18,19)22-9(15)8(13)14/h5-7H2,1-4H3. The van der Waals surface area contributed by atoms with Crippen molar-refractivity contribution in [1.29, 1.82) is 0 Å². The summed E-state index contributed by atoms with van der Waals surface area (Å²) in [7, 11) is 4.05. The molecule has 0 aliphatic heterocycles. The Hall–Kier alpha value is -1.03. The molecule has 1 unspecified atom stereocenters. The van der Waals surface area contributed by atoms with E-state index in [1.165, 1.54) is 0 Å². The zero-order chi connectivity index (χ0) is 17.8. The molecule has 10 heteroatoms. The van der Waals surface area contributed by atoms with Crippen molar-refractivity contribution in [3.05, 3.63) is 12.1 Å². The van der Waals surface area contributed by atoms with E-state index in [-0.39, 0.29) is 6.42 Å². The molecule has 0 aliphatic rings. The Bertz CT molecular complexity index is 397. The number of hydrogen-bond acceptors (Lipinski definition) is 3. The van der Waals surface area contributed by atoms with E-state index in [2.05, 4.69) is 9.47 Å². The first-order chi connectivity index (χ1) is 9.80. The summed E-state index contributed by atoms with van der Waals surface area (Å²) in [6, 6.07) is -3.06. The van der Waals surface area contributed by atoms with Gasteiger partial charge in [-0.2, -0.15) is 30.7 Å². The summed E-state index contributed by atoms with van der Waals surface area (Å²) in [5.41, 5.74) is -2.74. The van der Waals surface area contributed by atoms with E-state index in [1.54, 1.807) is 19.0 Å². The Kier molecular flexibility index (Phi) is 7.14. The van der Waals surface area contributed by atoms with Gasteiger partial charge < -0.3 is 14.4 Å². The van der Waals surface area contributed by atoms with Crippen LogP contribution in [0.25, 0.3) is 0 Å². The Morgan fingerprint density at radius 2 is 1.55 bits per heavy atom. The zero-order valence-corrected chi connectivity index (χ0v) is 12.5. The predicted molar refractivity (Wildman–Crippen MR) is 64.5 cm³/mol. The highest BCUT2D eigenvalue weighted by molar-refractivity contribution is 4.98. The Labute approximate surface area is 123 Å². The SMILES string of the molecule is COC(C)(CCCN(C)C)C(F)(F)C(F)(F)OC(F)=C(F)F. The minimum absolute atomic E-state index is 0.0544. The molecule has 0 aliphatic carbocycles. The lowest BCUT2D eigenvalue weighted by molar-refractivity contribution is -0.384. The summed E-state index contributed by atoms with van der Waals surface area (Å²) in [6.07, 6.45) is -9.25. The Balaban J connectivity index is 5.30. The first kappa shape index (κ1) is 21.0. The largest absolute Gasteiger partial charge is 0.469 e. The van der Waals surface area contributed by atoms with Crippen LogP contribution in [0.15, 0.2) is 12.1 Å². The fraction of sp³-hybridized carbons (Fsp3) is 0.833. The maximum atomic E-state index is 14.0.